The number of rotatable bonds is 5. The van der Waals surface area contributed by atoms with Crippen molar-refractivity contribution in [2.45, 2.75) is 26.4 Å². The summed E-state index contributed by atoms with van der Waals surface area (Å²) in [7, 11) is 5.15. The molecule has 9 heteroatoms. The SMILES string of the molecule is CN=C(NCc1ccc(-n2ccnc2C)nc1)N1CCc2cc(OC)c(OC)cc2C1.I. The molecule has 8 nitrogen and oxygen atoms in total. The molecule has 4 rings (SSSR count). The first kappa shape index (κ1) is 23.8. The van der Waals surface area contributed by atoms with Crippen LogP contribution in [0.3, 0.4) is 0 Å². The molecule has 32 heavy (non-hydrogen) atoms. The number of nitrogens with zero attached hydrogens (tertiary/aromatic N) is 5. The fourth-order valence-electron chi connectivity index (χ4n) is 3.86. The number of aryl methyl sites for hydroxylation is 1. The number of guanidine groups is 1. The molecule has 0 radical (unpaired) electrons. The van der Waals surface area contributed by atoms with Gasteiger partial charge in [0.15, 0.2) is 17.5 Å². The van der Waals surface area contributed by atoms with E-state index in [0.29, 0.717) is 6.54 Å². The van der Waals surface area contributed by atoms with Crippen molar-refractivity contribution in [3.05, 3.63) is 65.4 Å². The number of ether oxygens (including phenoxy) is 2. The molecule has 0 saturated carbocycles. The smallest absolute Gasteiger partial charge is 0.194 e. The third-order valence-corrected chi connectivity index (χ3v) is 5.56. The molecule has 2 aromatic heterocycles. The van der Waals surface area contributed by atoms with E-state index in [9.17, 15) is 0 Å². The molecule has 0 amide bonds. The van der Waals surface area contributed by atoms with Gasteiger partial charge in [-0.25, -0.2) is 9.97 Å². The lowest BCUT2D eigenvalue weighted by Gasteiger charge is -2.32. The molecule has 1 aromatic carbocycles. The summed E-state index contributed by atoms with van der Waals surface area (Å²) in [6, 6.07) is 8.22. The molecule has 170 valence electrons. The number of pyridine rings is 1. The molecule has 0 aliphatic carbocycles. The van der Waals surface area contributed by atoms with Gasteiger partial charge in [0, 0.05) is 45.3 Å². The first-order valence-electron chi connectivity index (χ1n) is 10.3. The Morgan fingerprint density at radius 3 is 2.47 bits per heavy atom. The van der Waals surface area contributed by atoms with Crippen molar-refractivity contribution in [1.29, 1.82) is 0 Å². The predicted molar refractivity (Wildman–Crippen MR) is 135 cm³/mol. The molecule has 0 saturated heterocycles. The number of aromatic nitrogens is 3. The molecule has 0 spiro atoms. The highest BCUT2D eigenvalue weighted by molar-refractivity contribution is 14.0. The largest absolute Gasteiger partial charge is 0.493 e. The normalized spacial score (nSPS) is 13.2. The standard InChI is InChI=1S/C23H28N6O2.HI/c1-16-25-8-10-29(16)22-6-5-17(13-26-22)14-27-23(24-2)28-9-7-18-11-20(30-3)21(31-4)12-19(18)15-28;/h5-6,8,10-13H,7,9,14-15H2,1-4H3,(H,24,27);1H. The topological polar surface area (TPSA) is 76.8 Å². The number of fused-ring (bicyclic) bond motifs is 1. The lowest BCUT2D eigenvalue weighted by molar-refractivity contribution is 0.346. The number of aliphatic imine (C=N–C) groups is 1. The third-order valence-electron chi connectivity index (χ3n) is 5.56. The molecule has 0 fully saturated rings. The highest BCUT2D eigenvalue weighted by Gasteiger charge is 2.21. The number of nitrogens with one attached hydrogen (secondary N) is 1. The monoisotopic (exact) mass is 548 g/mol. The predicted octanol–water partition coefficient (Wildman–Crippen LogP) is 3.34. The van der Waals surface area contributed by atoms with Gasteiger partial charge in [-0.1, -0.05) is 6.07 Å². The van der Waals surface area contributed by atoms with Crippen LogP contribution in [0.5, 0.6) is 11.5 Å². The molecule has 0 atom stereocenters. The van der Waals surface area contributed by atoms with Gasteiger partial charge in [-0.15, -0.1) is 24.0 Å². The van der Waals surface area contributed by atoms with E-state index in [4.69, 9.17) is 9.47 Å². The summed E-state index contributed by atoms with van der Waals surface area (Å²) in [4.78, 5) is 15.6. The summed E-state index contributed by atoms with van der Waals surface area (Å²) >= 11 is 0. The van der Waals surface area contributed by atoms with Gasteiger partial charge < -0.3 is 19.7 Å². The van der Waals surface area contributed by atoms with Crippen LogP contribution in [0, 0.1) is 6.92 Å². The van der Waals surface area contributed by atoms with Crippen molar-refractivity contribution < 1.29 is 9.47 Å². The zero-order valence-corrected chi connectivity index (χ0v) is 21.2. The lowest BCUT2D eigenvalue weighted by atomic mass is 9.99. The second-order valence-corrected chi connectivity index (χ2v) is 7.42. The van der Waals surface area contributed by atoms with Crippen LogP contribution in [-0.4, -0.2) is 53.2 Å². The Labute approximate surface area is 205 Å². The van der Waals surface area contributed by atoms with Crippen molar-refractivity contribution in [2.24, 2.45) is 4.99 Å². The highest BCUT2D eigenvalue weighted by atomic mass is 127. The van der Waals surface area contributed by atoms with Crippen LogP contribution in [-0.2, 0) is 19.5 Å². The molecule has 1 aliphatic heterocycles. The molecule has 3 aromatic rings. The fourth-order valence-corrected chi connectivity index (χ4v) is 3.86. The van der Waals surface area contributed by atoms with E-state index in [-0.39, 0.29) is 24.0 Å². The molecule has 3 heterocycles. The second kappa shape index (κ2) is 10.7. The van der Waals surface area contributed by atoms with E-state index < -0.39 is 0 Å². The summed E-state index contributed by atoms with van der Waals surface area (Å²) in [6.45, 7) is 4.27. The van der Waals surface area contributed by atoms with E-state index in [1.807, 2.05) is 37.0 Å². The van der Waals surface area contributed by atoms with Gasteiger partial charge >= 0.3 is 0 Å². The van der Waals surface area contributed by atoms with Gasteiger partial charge in [-0.3, -0.25) is 9.56 Å². The average molecular weight is 548 g/mol. The maximum Gasteiger partial charge on any atom is 0.194 e. The Balaban J connectivity index is 0.00000289. The van der Waals surface area contributed by atoms with Crippen LogP contribution in [0.2, 0.25) is 0 Å². The van der Waals surface area contributed by atoms with Crippen LogP contribution in [0.4, 0.5) is 0 Å². The Bertz CT molecular complexity index is 1080. The first-order valence-corrected chi connectivity index (χ1v) is 10.3. The number of imidazole rings is 1. The van der Waals surface area contributed by atoms with Crippen molar-refractivity contribution in [1.82, 2.24) is 24.8 Å². The minimum absolute atomic E-state index is 0. The van der Waals surface area contributed by atoms with Crippen molar-refractivity contribution in [3.8, 4) is 17.3 Å². The van der Waals surface area contributed by atoms with Crippen molar-refractivity contribution >= 4 is 29.9 Å². The third kappa shape index (κ3) is 4.98. The number of halogens is 1. The molecule has 1 aliphatic rings. The number of methoxy groups -OCH3 is 2. The Kier molecular flexibility index (Phi) is 7.94. The van der Waals surface area contributed by atoms with Gasteiger partial charge in [0.1, 0.15) is 11.6 Å². The van der Waals surface area contributed by atoms with E-state index in [1.165, 1.54) is 11.1 Å². The summed E-state index contributed by atoms with van der Waals surface area (Å²) in [5.41, 5.74) is 3.61. The second-order valence-electron chi connectivity index (χ2n) is 7.42. The van der Waals surface area contributed by atoms with E-state index in [1.54, 1.807) is 20.4 Å². The zero-order chi connectivity index (χ0) is 21.8. The minimum atomic E-state index is 0. The van der Waals surface area contributed by atoms with Gasteiger partial charge in [0.2, 0.25) is 0 Å². The van der Waals surface area contributed by atoms with Gasteiger partial charge in [-0.05, 0) is 48.2 Å². The Hall–Kier alpha value is -2.82. The van der Waals surface area contributed by atoms with E-state index in [0.717, 1.165) is 54.2 Å². The number of hydrogen-bond donors (Lipinski definition) is 1. The lowest BCUT2D eigenvalue weighted by Crippen LogP contribution is -2.43. The minimum Gasteiger partial charge on any atom is -0.493 e. The maximum atomic E-state index is 5.47. The molecule has 0 bridgehead atoms. The van der Waals surface area contributed by atoms with E-state index >= 15 is 0 Å². The summed E-state index contributed by atoms with van der Waals surface area (Å²) in [5, 5.41) is 3.46. The zero-order valence-electron chi connectivity index (χ0n) is 18.8. The first-order chi connectivity index (χ1) is 15.1. The maximum absolute atomic E-state index is 5.47. The summed E-state index contributed by atoms with van der Waals surface area (Å²) in [6.07, 6.45) is 6.50. The van der Waals surface area contributed by atoms with Crippen LogP contribution < -0.4 is 14.8 Å². The van der Waals surface area contributed by atoms with E-state index in [2.05, 4.69) is 43.4 Å². The molecular formula is C23H29IN6O2. The van der Waals surface area contributed by atoms with Crippen LogP contribution in [0.1, 0.15) is 22.5 Å². The fraction of sp³-hybridized carbons (Fsp3) is 0.348. The van der Waals surface area contributed by atoms with Gasteiger partial charge in [0.05, 0.1) is 14.2 Å². The van der Waals surface area contributed by atoms with Gasteiger partial charge in [-0.2, -0.15) is 0 Å². The summed E-state index contributed by atoms with van der Waals surface area (Å²) in [5.74, 6) is 4.18. The summed E-state index contributed by atoms with van der Waals surface area (Å²) < 4.78 is 12.9. The van der Waals surface area contributed by atoms with Crippen LogP contribution in [0.25, 0.3) is 5.82 Å². The van der Waals surface area contributed by atoms with Crippen LogP contribution >= 0.6 is 24.0 Å². The average Bonchev–Trinajstić information content (AvgIpc) is 3.24. The molecule has 1 N–H and O–H groups in total. The number of benzene rings is 1. The quantitative estimate of drug-likeness (QED) is 0.300. The highest BCUT2D eigenvalue weighted by Crippen LogP contribution is 2.33. The van der Waals surface area contributed by atoms with Crippen LogP contribution in [0.15, 0.2) is 47.8 Å². The Morgan fingerprint density at radius 2 is 1.88 bits per heavy atom. The van der Waals surface area contributed by atoms with Crippen molar-refractivity contribution in [3.63, 3.8) is 0 Å². The number of hydrogen-bond acceptors (Lipinski definition) is 5. The van der Waals surface area contributed by atoms with Crippen molar-refractivity contribution in [2.75, 3.05) is 27.8 Å². The van der Waals surface area contributed by atoms with Gasteiger partial charge in [0.25, 0.3) is 0 Å². The molecular weight excluding hydrogens is 519 g/mol. The molecule has 0 unspecified atom stereocenters. The Morgan fingerprint density at radius 1 is 1.12 bits per heavy atom.